The maximum Gasteiger partial charge on any atom is 0.194 e. The highest BCUT2D eigenvalue weighted by Crippen LogP contribution is 2.22. The highest BCUT2D eigenvalue weighted by molar-refractivity contribution is 5.29. The number of benzene rings is 1. The normalized spacial score (nSPS) is 14.9. The first kappa shape index (κ1) is 10.8. The van der Waals surface area contributed by atoms with Gasteiger partial charge in [-0.05, 0) is 24.6 Å². The van der Waals surface area contributed by atoms with Crippen molar-refractivity contribution < 1.29 is 13.2 Å². The molecule has 2 N–H and O–H groups in total. The van der Waals surface area contributed by atoms with Gasteiger partial charge in [0.15, 0.2) is 17.5 Å². The molecule has 0 bridgehead atoms. The van der Waals surface area contributed by atoms with Crippen molar-refractivity contribution in [1.29, 1.82) is 0 Å². The van der Waals surface area contributed by atoms with E-state index >= 15 is 0 Å². The largest absolute Gasteiger partial charge is 0.318 e. The number of halogens is 3. The predicted octanol–water partition coefficient (Wildman–Crippen LogP) is 2.46. The summed E-state index contributed by atoms with van der Waals surface area (Å²) < 4.78 is 38.2. The Morgan fingerprint density at radius 2 is 1.71 bits per heavy atom. The van der Waals surface area contributed by atoms with E-state index in [9.17, 15) is 13.2 Å². The van der Waals surface area contributed by atoms with Crippen LogP contribution in [0.5, 0.6) is 0 Å². The second-order valence-corrected chi connectivity index (χ2v) is 3.24. The summed E-state index contributed by atoms with van der Waals surface area (Å²) in [6, 6.07) is 1.72. The van der Waals surface area contributed by atoms with Crippen molar-refractivity contribution in [2.45, 2.75) is 12.5 Å². The summed E-state index contributed by atoms with van der Waals surface area (Å²) in [5.41, 5.74) is 4.72. The van der Waals surface area contributed by atoms with Crippen LogP contribution in [-0.2, 0) is 5.54 Å². The molecule has 1 aromatic carbocycles. The minimum atomic E-state index is -1.49. The van der Waals surface area contributed by atoms with Gasteiger partial charge in [-0.3, -0.25) is 0 Å². The standard InChI is InChI=1S/C10H10F3N/c1-3-10(2,14)6-4-7(11)9(13)8(12)5-6/h3-5H,1,14H2,2H3/t10-/m0/s1. The molecule has 0 heterocycles. The van der Waals surface area contributed by atoms with Gasteiger partial charge in [-0.1, -0.05) is 6.08 Å². The monoisotopic (exact) mass is 201 g/mol. The van der Waals surface area contributed by atoms with Crippen molar-refractivity contribution in [3.8, 4) is 0 Å². The topological polar surface area (TPSA) is 26.0 Å². The molecule has 1 aromatic rings. The maximum absolute atomic E-state index is 12.8. The summed E-state index contributed by atoms with van der Waals surface area (Å²) in [4.78, 5) is 0. The Kier molecular flexibility index (Phi) is 2.66. The molecule has 0 aliphatic rings. The zero-order valence-electron chi connectivity index (χ0n) is 7.65. The maximum atomic E-state index is 12.8. The third-order valence-corrected chi connectivity index (χ3v) is 2.03. The molecule has 0 spiro atoms. The van der Waals surface area contributed by atoms with E-state index in [2.05, 4.69) is 6.58 Å². The second-order valence-electron chi connectivity index (χ2n) is 3.24. The second kappa shape index (κ2) is 3.46. The smallest absolute Gasteiger partial charge is 0.194 e. The summed E-state index contributed by atoms with van der Waals surface area (Å²) in [7, 11) is 0. The zero-order valence-corrected chi connectivity index (χ0v) is 7.65. The van der Waals surface area contributed by atoms with Crippen LogP contribution in [0.4, 0.5) is 13.2 Å². The fraction of sp³-hybridized carbons (Fsp3) is 0.200. The molecule has 0 saturated carbocycles. The highest BCUT2D eigenvalue weighted by Gasteiger charge is 2.21. The summed E-state index contributed by atoms with van der Waals surface area (Å²) >= 11 is 0. The third kappa shape index (κ3) is 1.80. The Hall–Kier alpha value is -1.29. The highest BCUT2D eigenvalue weighted by atomic mass is 19.2. The zero-order chi connectivity index (χ0) is 10.9. The van der Waals surface area contributed by atoms with E-state index in [-0.39, 0.29) is 5.56 Å². The first-order valence-electron chi connectivity index (χ1n) is 3.96. The summed E-state index contributed by atoms with van der Waals surface area (Å²) in [6.07, 6.45) is 1.33. The fourth-order valence-corrected chi connectivity index (χ4v) is 0.984. The Labute approximate surface area is 80.0 Å². The van der Waals surface area contributed by atoms with E-state index in [0.717, 1.165) is 12.1 Å². The van der Waals surface area contributed by atoms with Crippen molar-refractivity contribution in [3.63, 3.8) is 0 Å². The lowest BCUT2D eigenvalue weighted by Crippen LogP contribution is -2.30. The van der Waals surface area contributed by atoms with Crippen LogP contribution in [0.2, 0.25) is 0 Å². The van der Waals surface area contributed by atoms with Gasteiger partial charge in [-0.25, -0.2) is 13.2 Å². The van der Waals surface area contributed by atoms with E-state index < -0.39 is 23.0 Å². The Morgan fingerprint density at radius 1 is 1.29 bits per heavy atom. The molecule has 76 valence electrons. The van der Waals surface area contributed by atoms with Crippen LogP contribution in [0, 0.1) is 17.5 Å². The lowest BCUT2D eigenvalue weighted by atomic mass is 9.93. The van der Waals surface area contributed by atoms with Crippen molar-refractivity contribution in [2.24, 2.45) is 5.73 Å². The first-order chi connectivity index (χ1) is 6.38. The van der Waals surface area contributed by atoms with Gasteiger partial charge < -0.3 is 5.73 Å². The molecule has 0 amide bonds. The van der Waals surface area contributed by atoms with Crippen molar-refractivity contribution >= 4 is 0 Å². The average Bonchev–Trinajstić information content (AvgIpc) is 2.13. The minimum Gasteiger partial charge on any atom is -0.318 e. The predicted molar refractivity (Wildman–Crippen MR) is 48.1 cm³/mol. The van der Waals surface area contributed by atoms with Gasteiger partial charge in [0.2, 0.25) is 0 Å². The van der Waals surface area contributed by atoms with Crippen LogP contribution in [0.15, 0.2) is 24.8 Å². The van der Waals surface area contributed by atoms with E-state index in [4.69, 9.17) is 5.73 Å². The molecule has 0 saturated heterocycles. The molecule has 1 rings (SSSR count). The van der Waals surface area contributed by atoms with E-state index in [1.165, 1.54) is 13.0 Å². The van der Waals surface area contributed by atoms with E-state index in [0.29, 0.717) is 0 Å². The third-order valence-electron chi connectivity index (χ3n) is 2.03. The van der Waals surface area contributed by atoms with Gasteiger partial charge in [-0.2, -0.15) is 0 Å². The van der Waals surface area contributed by atoms with Crippen molar-refractivity contribution in [2.75, 3.05) is 0 Å². The average molecular weight is 201 g/mol. The van der Waals surface area contributed by atoms with Crippen LogP contribution in [0.1, 0.15) is 12.5 Å². The Bertz CT molecular complexity index is 349. The SMILES string of the molecule is C=C[C@](C)(N)c1cc(F)c(F)c(F)c1. The van der Waals surface area contributed by atoms with Gasteiger partial charge in [-0.15, -0.1) is 6.58 Å². The van der Waals surface area contributed by atoms with Crippen LogP contribution >= 0.6 is 0 Å². The molecule has 0 fully saturated rings. The van der Waals surface area contributed by atoms with Crippen molar-refractivity contribution in [1.82, 2.24) is 0 Å². The van der Waals surface area contributed by atoms with Gasteiger partial charge in [0.05, 0.1) is 5.54 Å². The van der Waals surface area contributed by atoms with Crippen LogP contribution in [0.3, 0.4) is 0 Å². The molecule has 0 unspecified atom stereocenters. The molecule has 0 aliphatic carbocycles. The van der Waals surface area contributed by atoms with Crippen molar-refractivity contribution in [3.05, 3.63) is 47.8 Å². The number of hydrogen-bond donors (Lipinski definition) is 1. The fourth-order valence-electron chi connectivity index (χ4n) is 0.984. The quantitative estimate of drug-likeness (QED) is 0.577. The summed E-state index contributed by atoms with van der Waals surface area (Å²) in [6.45, 7) is 4.95. The molecule has 4 heteroatoms. The van der Waals surface area contributed by atoms with Gasteiger partial charge in [0.25, 0.3) is 0 Å². The molecule has 0 aromatic heterocycles. The molecule has 0 aliphatic heterocycles. The number of rotatable bonds is 2. The van der Waals surface area contributed by atoms with Gasteiger partial charge >= 0.3 is 0 Å². The Morgan fingerprint density at radius 3 is 2.07 bits per heavy atom. The van der Waals surface area contributed by atoms with Gasteiger partial charge in [0, 0.05) is 0 Å². The molecular formula is C10H10F3N. The molecule has 0 radical (unpaired) electrons. The van der Waals surface area contributed by atoms with Crippen LogP contribution in [-0.4, -0.2) is 0 Å². The summed E-state index contributed by atoms with van der Waals surface area (Å²) in [5, 5.41) is 0. The molecular weight excluding hydrogens is 191 g/mol. The van der Waals surface area contributed by atoms with E-state index in [1.807, 2.05) is 0 Å². The number of nitrogens with two attached hydrogens (primary N) is 1. The lowest BCUT2D eigenvalue weighted by molar-refractivity contribution is 0.440. The first-order valence-corrected chi connectivity index (χ1v) is 3.96. The lowest BCUT2D eigenvalue weighted by Gasteiger charge is -2.20. The molecule has 1 nitrogen and oxygen atoms in total. The summed E-state index contributed by atoms with van der Waals surface area (Å²) in [5.74, 6) is -3.99. The minimum absolute atomic E-state index is 0.143. The molecule has 14 heavy (non-hydrogen) atoms. The van der Waals surface area contributed by atoms with Crippen LogP contribution in [0.25, 0.3) is 0 Å². The Balaban J connectivity index is 3.32. The number of hydrogen-bond acceptors (Lipinski definition) is 1. The van der Waals surface area contributed by atoms with Gasteiger partial charge in [0.1, 0.15) is 0 Å². The molecule has 1 atom stereocenters. The van der Waals surface area contributed by atoms with E-state index in [1.54, 1.807) is 0 Å². The van der Waals surface area contributed by atoms with Crippen LogP contribution < -0.4 is 5.73 Å².